The third-order valence-corrected chi connectivity index (χ3v) is 4.72. The quantitative estimate of drug-likeness (QED) is 0.646. The Morgan fingerprint density at radius 3 is 2.50 bits per heavy atom. The summed E-state index contributed by atoms with van der Waals surface area (Å²) in [6.45, 7) is 0.555. The first-order valence-electron chi connectivity index (χ1n) is 5.87. The van der Waals surface area contributed by atoms with Gasteiger partial charge in [-0.25, -0.2) is 0 Å². The van der Waals surface area contributed by atoms with Gasteiger partial charge < -0.3 is 4.74 Å². The van der Waals surface area contributed by atoms with E-state index in [4.69, 9.17) is 4.74 Å². The molecule has 0 aromatic carbocycles. The third kappa shape index (κ3) is 1.43. The van der Waals surface area contributed by atoms with Crippen molar-refractivity contribution in [1.29, 1.82) is 0 Å². The van der Waals surface area contributed by atoms with Crippen LogP contribution in [-0.2, 0) is 14.3 Å². The van der Waals surface area contributed by atoms with E-state index in [1.165, 1.54) is 11.8 Å². The fraction of sp³-hybridized carbons (Fsp3) is 0.667. The largest absolute Gasteiger partial charge is 0.488 e. The number of ketones is 2. The standard InChI is InChI=1S/C12H14O3S/c13-9-7-3-1-2-4-8(7)10(14)12-11(9)15-5-6-16-12/h7-8H,1-6H2. The molecule has 0 N–H and O–H groups in total. The lowest BCUT2D eigenvalue weighted by Crippen LogP contribution is -2.40. The predicted molar refractivity (Wildman–Crippen MR) is 60.9 cm³/mol. The van der Waals surface area contributed by atoms with Gasteiger partial charge in [0.05, 0.1) is 11.5 Å². The summed E-state index contributed by atoms with van der Waals surface area (Å²) in [5, 5.41) is 0. The van der Waals surface area contributed by atoms with E-state index < -0.39 is 0 Å². The van der Waals surface area contributed by atoms with Crippen molar-refractivity contribution >= 4 is 23.3 Å². The number of Topliss-reactive ketones (excluding diaryl/α,β-unsaturated/α-hetero) is 2. The van der Waals surface area contributed by atoms with Crippen molar-refractivity contribution in [3.05, 3.63) is 10.7 Å². The van der Waals surface area contributed by atoms with Crippen LogP contribution in [0.15, 0.2) is 10.7 Å². The second-order valence-electron chi connectivity index (χ2n) is 4.58. The van der Waals surface area contributed by atoms with E-state index in [1.54, 1.807) is 0 Å². The highest BCUT2D eigenvalue weighted by atomic mass is 32.2. The monoisotopic (exact) mass is 238 g/mol. The smallest absolute Gasteiger partial charge is 0.202 e. The minimum atomic E-state index is -0.0845. The maximum absolute atomic E-state index is 12.2. The Morgan fingerprint density at radius 2 is 1.75 bits per heavy atom. The van der Waals surface area contributed by atoms with Crippen LogP contribution < -0.4 is 0 Å². The van der Waals surface area contributed by atoms with Crippen molar-refractivity contribution in [3.8, 4) is 0 Å². The van der Waals surface area contributed by atoms with Crippen molar-refractivity contribution in [1.82, 2.24) is 0 Å². The predicted octanol–water partition coefficient (Wildman–Crippen LogP) is 1.92. The number of fused-ring (bicyclic) bond motifs is 1. The van der Waals surface area contributed by atoms with Crippen LogP contribution in [0.1, 0.15) is 25.7 Å². The molecule has 1 heterocycles. The SMILES string of the molecule is O=C1C2=C(SCCO2)C(=O)C2CCCCC12. The van der Waals surface area contributed by atoms with Crippen molar-refractivity contribution < 1.29 is 14.3 Å². The number of hydrogen-bond donors (Lipinski definition) is 0. The number of carbonyl (C=O) groups is 2. The number of ether oxygens (including phenoxy) is 1. The molecule has 0 aromatic heterocycles. The van der Waals surface area contributed by atoms with E-state index in [9.17, 15) is 9.59 Å². The molecule has 4 heteroatoms. The molecule has 86 valence electrons. The van der Waals surface area contributed by atoms with E-state index >= 15 is 0 Å². The Bertz CT molecular complexity index is 350. The van der Waals surface area contributed by atoms with Gasteiger partial charge in [0.25, 0.3) is 0 Å². The zero-order valence-electron chi connectivity index (χ0n) is 9.03. The summed E-state index contributed by atoms with van der Waals surface area (Å²) in [5.41, 5.74) is 0. The molecular weight excluding hydrogens is 224 g/mol. The number of carbonyl (C=O) groups excluding carboxylic acids is 2. The molecule has 0 aromatic rings. The summed E-state index contributed by atoms with van der Waals surface area (Å²) in [6.07, 6.45) is 3.89. The summed E-state index contributed by atoms with van der Waals surface area (Å²) >= 11 is 1.50. The highest BCUT2D eigenvalue weighted by molar-refractivity contribution is 8.04. The molecule has 0 amide bonds. The zero-order chi connectivity index (χ0) is 11.1. The van der Waals surface area contributed by atoms with Crippen LogP contribution in [0, 0.1) is 11.8 Å². The van der Waals surface area contributed by atoms with Gasteiger partial charge in [-0.15, -0.1) is 11.8 Å². The number of hydrogen-bond acceptors (Lipinski definition) is 4. The second kappa shape index (κ2) is 3.91. The lowest BCUT2D eigenvalue weighted by Gasteiger charge is -2.36. The highest BCUT2D eigenvalue weighted by Gasteiger charge is 2.45. The normalized spacial score (nSPS) is 34.2. The Labute approximate surface area is 98.6 Å². The van der Waals surface area contributed by atoms with Gasteiger partial charge in [0.1, 0.15) is 0 Å². The second-order valence-corrected chi connectivity index (χ2v) is 5.69. The Balaban J connectivity index is 2.02. The molecule has 0 radical (unpaired) electrons. The van der Waals surface area contributed by atoms with Crippen LogP contribution in [0.2, 0.25) is 0 Å². The molecule has 0 spiro atoms. The van der Waals surface area contributed by atoms with Crippen molar-refractivity contribution in [2.75, 3.05) is 12.4 Å². The number of rotatable bonds is 0. The number of allylic oxidation sites excluding steroid dienone is 2. The maximum Gasteiger partial charge on any atom is 0.202 e. The molecule has 1 fully saturated rings. The molecule has 3 nitrogen and oxygen atoms in total. The van der Waals surface area contributed by atoms with Crippen LogP contribution in [-0.4, -0.2) is 23.9 Å². The lowest BCUT2D eigenvalue weighted by atomic mass is 9.71. The lowest BCUT2D eigenvalue weighted by molar-refractivity contribution is -0.134. The van der Waals surface area contributed by atoms with Gasteiger partial charge in [0, 0.05) is 17.6 Å². The van der Waals surface area contributed by atoms with Gasteiger partial charge in [-0.1, -0.05) is 12.8 Å². The highest BCUT2D eigenvalue weighted by Crippen LogP contribution is 2.43. The molecule has 3 aliphatic rings. The molecule has 1 saturated carbocycles. The van der Waals surface area contributed by atoms with Crippen LogP contribution in [0.4, 0.5) is 0 Å². The molecule has 0 bridgehead atoms. The first kappa shape index (κ1) is 10.4. The first-order valence-corrected chi connectivity index (χ1v) is 6.86. The fourth-order valence-electron chi connectivity index (χ4n) is 2.88. The molecular formula is C12H14O3S. The molecule has 2 atom stereocenters. The average molecular weight is 238 g/mol. The van der Waals surface area contributed by atoms with Crippen LogP contribution >= 0.6 is 11.8 Å². The van der Waals surface area contributed by atoms with Gasteiger partial charge in [0.15, 0.2) is 11.5 Å². The topological polar surface area (TPSA) is 43.4 Å². The zero-order valence-corrected chi connectivity index (χ0v) is 9.85. The molecule has 0 saturated heterocycles. The van der Waals surface area contributed by atoms with Gasteiger partial charge in [-0.2, -0.15) is 0 Å². The summed E-state index contributed by atoms with van der Waals surface area (Å²) in [7, 11) is 0. The van der Waals surface area contributed by atoms with E-state index in [0.717, 1.165) is 31.4 Å². The molecule has 2 aliphatic carbocycles. The summed E-state index contributed by atoms with van der Waals surface area (Å²) in [4.78, 5) is 25.0. The fourth-order valence-corrected chi connectivity index (χ4v) is 3.83. The van der Waals surface area contributed by atoms with Crippen LogP contribution in [0.3, 0.4) is 0 Å². The summed E-state index contributed by atoms with van der Waals surface area (Å²) < 4.78 is 5.40. The third-order valence-electron chi connectivity index (χ3n) is 3.67. The average Bonchev–Trinajstić information content (AvgIpc) is 2.36. The molecule has 3 rings (SSSR count). The van der Waals surface area contributed by atoms with Gasteiger partial charge in [0.2, 0.25) is 5.78 Å². The van der Waals surface area contributed by atoms with Gasteiger partial charge >= 0.3 is 0 Å². The van der Waals surface area contributed by atoms with Gasteiger partial charge in [-0.05, 0) is 12.8 Å². The van der Waals surface area contributed by atoms with E-state index in [1.807, 2.05) is 0 Å². The molecule has 1 aliphatic heterocycles. The van der Waals surface area contributed by atoms with Crippen molar-refractivity contribution in [2.24, 2.45) is 11.8 Å². The van der Waals surface area contributed by atoms with Crippen molar-refractivity contribution in [2.45, 2.75) is 25.7 Å². The summed E-state index contributed by atoms with van der Waals surface area (Å²) in [5.74, 6) is 1.29. The minimum absolute atomic E-state index is 0.0470. The Kier molecular flexibility index (Phi) is 2.54. The maximum atomic E-state index is 12.2. The first-order chi connectivity index (χ1) is 7.79. The molecule has 16 heavy (non-hydrogen) atoms. The minimum Gasteiger partial charge on any atom is -0.488 e. The van der Waals surface area contributed by atoms with Crippen molar-refractivity contribution in [3.63, 3.8) is 0 Å². The van der Waals surface area contributed by atoms with E-state index in [2.05, 4.69) is 0 Å². The van der Waals surface area contributed by atoms with Gasteiger partial charge in [-0.3, -0.25) is 9.59 Å². The molecule has 2 unspecified atom stereocenters. The number of thioether (sulfide) groups is 1. The Hall–Kier alpha value is -0.770. The Morgan fingerprint density at radius 1 is 1.06 bits per heavy atom. The van der Waals surface area contributed by atoms with E-state index in [-0.39, 0.29) is 23.4 Å². The van der Waals surface area contributed by atoms with Crippen LogP contribution in [0.25, 0.3) is 0 Å². The summed E-state index contributed by atoms with van der Waals surface area (Å²) in [6, 6.07) is 0. The van der Waals surface area contributed by atoms with E-state index in [0.29, 0.717) is 17.3 Å². The van der Waals surface area contributed by atoms with Crippen LogP contribution in [0.5, 0.6) is 0 Å².